The van der Waals surface area contributed by atoms with Crippen LogP contribution in [0.15, 0.2) is 24.3 Å². The first-order valence-electron chi connectivity index (χ1n) is 6.64. The number of nitrogens with zero attached hydrogens (tertiary/aromatic N) is 1. The Hall–Kier alpha value is -1.42. The predicted molar refractivity (Wildman–Crippen MR) is 75.2 cm³/mol. The molecule has 0 aliphatic heterocycles. The Labute approximate surface area is 114 Å². The van der Waals surface area contributed by atoms with Crippen LogP contribution in [0.2, 0.25) is 0 Å². The van der Waals surface area contributed by atoms with Crippen molar-refractivity contribution in [2.24, 2.45) is 11.7 Å². The summed E-state index contributed by atoms with van der Waals surface area (Å²) in [5, 5.41) is 0. The molecule has 1 rings (SSSR count). The summed E-state index contributed by atoms with van der Waals surface area (Å²) in [6, 6.07) is 6.14. The molecule has 0 aliphatic rings. The number of hydrogen-bond donors (Lipinski definition) is 1. The Balaban J connectivity index is 2.42. The fourth-order valence-corrected chi connectivity index (χ4v) is 1.71. The van der Waals surface area contributed by atoms with Crippen molar-refractivity contribution >= 4 is 5.91 Å². The maximum absolute atomic E-state index is 12.8. The van der Waals surface area contributed by atoms with Gasteiger partial charge in [-0.15, -0.1) is 0 Å². The molecule has 0 fully saturated rings. The van der Waals surface area contributed by atoms with Crippen molar-refractivity contribution in [3.05, 3.63) is 35.6 Å². The molecule has 0 radical (unpaired) electrons. The molecule has 0 bridgehead atoms. The number of nitrogens with two attached hydrogens (primary N) is 1. The quantitative estimate of drug-likeness (QED) is 0.858. The standard InChI is InChI=1S/C15H23FN2O/c1-11(2)14(17)8-9-18(3)15(19)10-12-4-6-13(16)7-5-12/h4-7,11,14H,8-10,17H2,1-3H3. The van der Waals surface area contributed by atoms with E-state index in [0.29, 0.717) is 18.9 Å². The summed E-state index contributed by atoms with van der Waals surface area (Å²) in [6.45, 7) is 4.80. The molecule has 3 nitrogen and oxygen atoms in total. The first kappa shape index (κ1) is 15.6. The van der Waals surface area contributed by atoms with Crippen LogP contribution in [-0.4, -0.2) is 30.4 Å². The van der Waals surface area contributed by atoms with E-state index in [0.717, 1.165) is 12.0 Å². The third kappa shape index (κ3) is 5.39. The molecule has 2 N–H and O–H groups in total. The van der Waals surface area contributed by atoms with Crippen LogP contribution in [0, 0.1) is 11.7 Å². The topological polar surface area (TPSA) is 46.3 Å². The second kappa shape index (κ2) is 7.24. The summed E-state index contributed by atoms with van der Waals surface area (Å²) in [5.74, 6) is 0.163. The van der Waals surface area contributed by atoms with E-state index >= 15 is 0 Å². The van der Waals surface area contributed by atoms with Gasteiger partial charge >= 0.3 is 0 Å². The normalized spacial score (nSPS) is 12.5. The minimum Gasteiger partial charge on any atom is -0.345 e. The van der Waals surface area contributed by atoms with Gasteiger partial charge in [0.15, 0.2) is 0 Å². The zero-order valence-electron chi connectivity index (χ0n) is 11.9. The lowest BCUT2D eigenvalue weighted by molar-refractivity contribution is -0.129. The van der Waals surface area contributed by atoms with Crippen LogP contribution in [0.4, 0.5) is 4.39 Å². The van der Waals surface area contributed by atoms with Crippen molar-refractivity contribution in [3.8, 4) is 0 Å². The molecule has 106 valence electrons. The molecule has 1 aromatic carbocycles. The summed E-state index contributed by atoms with van der Waals surface area (Å²) in [4.78, 5) is 13.7. The minimum absolute atomic E-state index is 0.0302. The highest BCUT2D eigenvalue weighted by Gasteiger charge is 2.13. The Bertz CT molecular complexity index is 403. The van der Waals surface area contributed by atoms with Crippen molar-refractivity contribution < 1.29 is 9.18 Å². The van der Waals surface area contributed by atoms with Gasteiger partial charge in [-0.25, -0.2) is 4.39 Å². The molecule has 0 heterocycles. The third-order valence-corrected chi connectivity index (χ3v) is 3.35. The Morgan fingerprint density at radius 1 is 1.32 bits per heavy atom. The van der Waals surface area contributed by atoms with Gasteiger partial charge in [0.1, 0.15) is 5.82 Å². The monoisotopic (exact) mass is 266 g/mol. The molecule has 19 heavy (non-hydrogen) atoms. The van der Waals surface area contributed by atoms with Crippen LogP contribution >= 0.6 is 0 Å². The van der Waals surface area contributed by atoms with Gasteiger partial charge in [-0.2, -0.15) is 0 Å². The molecule has 0 spiro atoms. The second-order valence-electron chi connectivity index (χ2n) is 5.32. The van der Waals surface area contributed by atoms with E-state index in [4.69, 9.17) is 5.73 Å². The molecule has 1 atom stereocenters. The van der Waals surface area contributed by atoms with Gasteiger partial charge in [-0.3, -0.25) is 4.79 Å². The molecule has 0 saturated heterocycles. The fourth-order valence-electron chi connectivity index (χ4n) is 1.71. The van der Waals surface area contributed by atoms with Crippen LogP contribution in [0.1, 0.15) is 25.8 Å². The Morgan fingerprint density at radius 2 is 1.89 bits per heavy atom. The van der Waals surface area contributed by atoms with Crippen LogP contribution in [-0.2, 0) is 11.2 Å². The summed E-state index contributed by atoms with van der Waals surface area (Å²) in [6.07, 6.45) is 1.09. The molecule has 0 aliphatic carbocycles. The van der Waals surface area contributed by atoms with Crippen LogP contribution in [0.25, 0.3) is 0 Å². The zero-order chi connectivity index (χ0) is 14.4. The van der Waals surface area contributed by atoms with E-state index in [2.05, 4.69) is 13.8 Å². The third-order valence-electron chi connectivity index (χ3n) is 3.35. The van der Waals surface area contributed by atoms with Crippen molar-refractivity contribution in [3.63, 3.8) is 0 Å². The van der Waals surface area contributed by atoms with Crippen LogP contribution < -0.4 is 5.73 Å². The molecule has 1 aromatic rings. The first-order valence-corrected chi connectivity index (χ1v) is 6.64. The van der Waals surface area contributed by atoms with Crippen molar-refractivity contribution in [2.75, 3.05) is 13.6 Å². The Morgan fingerprint density at radius 3 is 2.42 bits per heavy atom. The summed E-state index contributed by atoms with van der Waals surface area (Å²) in [7, 11) is 1.78. The lowest BCUT2D eigenvalue weighted by Gasteiger charge is -2.21. The molecule has 1 unspecified atom stereocenters. The number of carbonyl (C=O) groups is 1. The smallest absolute Gasteiger partial charge is 0.226 e. The van der Waals surface area contributed by atoms with Gasteiger partial charge < -0.3 is 10.6 Å². The molecular formula is C15H23FN2O. The van der Waals surface area contributed by atoms with Crippen molar-refractivity contribution in [2.45, 2.75) is 32.7 Å². The SMILES string of the molecule is CC(C)C(N)CCN(C)C(=O)Cc1ccc(F)cc1. The van der Waals surface area contributed by atoms with Crippen LogP contribution in [0.5, 0.6) is 0 Å². The predicted octanol–water partition coefficient (Wildman–Crippen LogP) is 2.20. The average molecular weight is 266 g/mol. The highest BCUT2D eigenvalue weighted by Crippen LogP contribution is 2.07. The lowest BCUT2D eigenvalue weighted by atomic mass is 10.0. The number of hydrogen-bond acceptors (Lipinski definition) is 2. The molecule has 1 amide bonds. The number of amides is 1. The second-order valence-corrected chi connectivity index (χ2v) is 5.32. The molecule has 4 heteroatoms. The minimum atomic E-state index is -0.285. The highest BCUT2D eigenvalue weighted by atomic mass is 19.1. The van der Waals surface area contributed by atoms with E-state index in [-0.39, 0.29) is 17.8 Å². The highest BCUT2D eigenvalue weighted by molar-refractivity contribution is 5.78. The summed E-state index contributed by atoms with van der Waals surface area (Å²) < 4.78 is 12.8. The van der Waals surface area contributed by atoms with Gasteiger partial charge in [0.2, 0.25) is 5.91 Å². The maximum Gasteiger partial charge on any atom is 0.226 e. The summed E-state index contributed by atoms with van der Waals surface area (Å²) in [5.41, 5.74) is 6.78. The van der Waals surface area contributed by atoms with E-state index in [1.54, 1.807) is 24.1 Å². The number of rotatable bonds is 6. The molecule has 0 aromatic heterocycles. The fraction of sp³-hybridized carbons (Fsp3) is 0.533. The van der Waals surface area contributed by atoms with E-state index in [1.165, 1.54) is 12.1 Å². The van der Waals surface area contributed by atoms with E-state index < -0.39 is 0 Å². The van der Waals surface area contributed by atoms with Crippen molar-refractivity contribution in [1.82, 2.24) is 4.90 Å². The first-order chi connectivity index (χ1) is 8.90. The summed E-state index contributed by atoms with van der Waals surface area (Å²) >= 11 is 0. The van der Waals surface area contributed by atoms with Gasteiger partial charge in [-0.1, -0.05) is 26.0 Å². The van der Waals surface area contributed by atoms with E-state index in [9.17, 15) is 9.18 Å². The van der Waals surface area contributed by atoms with Crippen LogP contribution in [0.3, 0.4) is 0 Å². The largest absolute Gasteiger partial charge is 0.345 e. The van der Waals surface area contributed by atoms with Gasteiger partial charge in [0.25, 0.3) is 0 Å². The van der Waals surface area contributed by atoms with E-state index in [1.807, 2.05) is 0 Å². The zero-order valence-corrected chi connectivity index (χ0v) is 11.9. The lowest BCUT2D eigenvalue weighted by Crippen LogP contribution is -2.35. The Kier molecular flexibility index (Phi) is 5.96. The number of carbonyl (C=O) groups excluding carboxylic acids is 1. The average Bonchev–Trinajstić information content (AvgIpc) is 2.37. The van der Waals surface area contributed by atoms with Crippen molar-refractivity contribution in [1.29, 1.82) is 0 Å². The van der Waals surface area contributed by atoms with Gasteiger partial charge in [0.05, 0.1) is 6.42 Å². The number of halogens is 1. The van der Waals surface area contributed by atoms with Gasteiger partial charge in [0, 0.05) is 19.6 Å². The number of benzene rings is 1. The molecular weight excluding hydrogens is 243 g/mol. The maximum atomic E-state index is 12.8. The van der Waals surface area contributed by atoms with Gasteiger partial charge in [-0.05, 0) is 30.0 Å². The molecule has 0 saturated carbocycles. The number of likely N-dealkylation sites (N-methyl/N-ethyl adjacent to an activating group) is 1.